The molecule has 0 saturated heterocycles. The van der Waals surface area contributed by atoms with Gasteiger partial charge < -0.3 is 14.5 Å². The first-order chi connectivity index (χ1) is 9.35. The lowest BCUT2D eigenvalue weighted by atomic mass is 9.81. The molecule has 4 nitrogen and oxygen atoms in total. The number of methoxy groups -OCH3 is 2. The lowest BCUT2D eigenvalue weighted by molar-refractivity contribution is 0.348. The number of aromatic amines is 1. The van der Waals surface area contributed by atoms with Gasteiger partial charge in [-0.05, 0) is 30.9 Å². The Morgan fingerprint density at radius 3 is 2.84 bits per heavy atom. The lowest BCUT2D eigenvalue weighted by Gasteiger charge is -2.26. The molecule has 1 aromatic heterocycles. The van der Waals surface area contributed by atoms with E-state index in [1.54, 1.807) is 14.2 Å². The molecule has 0 aliphatic heterocycles. The van der Waals surface area contributed by atoms with E-state index >= 15 is 0 Å². The zero-order valence-electron chi connectivity index (χ0n) is 11.3. The molecule has 1 unspecified atom stereocenters. The SMILES string of the molecule is COc1ccc2c(c1OC)CCCC2c1ncc[nH]1. The summed E-state index contributed by atoms with van der Waals surface area (Å²) in [5.74, 6) is 3.05. The molecule has 0 bridgehead atoms. The Hall–Kier alpha value is -1.97. The number of imidazole rings is 1. The predicted molar refractivity (Wildman–Crippen MR) is 72.9 cm³/mol. The van der Waals surface area contributed by atoms with E-state index in [4.69, 9.17) is 9.47 Å². The smallest absolute Gasteiger partial charge is 0.164 e. The van der Waals surface area contributed by atoms with Gasteiger partial charge >= 0.3 is 0 Å². The molecular weight excluding hydrogens is 240 g/mol. The van der Waals surface area contributed by atoms with Crippen molar-refractivity contribution in [1.29, 1.82) is 0 Å². The van der Waals surface area contributed by atoms with Crippen LogP contribution < -0.4 is 9.47 Å². The van der Waals surface area contributed by atoms with Crippen LogP contribution in [0.5, 0.6) is 11.5 Å². The summed E-state index contributed by atoms with van der Waals surface area (Å²) in [6, 6.07) is 4.13. The fraction of sp³-hybridized carbons (Fsp3) is 0.400. The summed E-state index contributed by atoms with van der Waals surface area (Å²) >= 11 is 0. The van der Waals surface area contributed by atoms with Gasteiger partial charge in [0.05, 0.1) is 14.2 Å². The Morgan fingerprint density at radius 2 is 2.16 bits per heavy atom. The van der Waals surface area contributed by atoms with Crippen molar-refractivity contribution >= 4 is 0 Å². The summed E-state index contributed by atoms with van der Waals surface area (Å²) in [5, 5.41) is 0. The van der Waals surface area contributed by atoms with Gasteiger partial charge in [0, 0.05) is 23.9 Å². The number of hydrogen-bond donors (Lipinski definition) is 1. The first-order valence-electron chi connectivity index (χ1n) is 6.58. The van der Waals surface area contributed by atoms with E-state index in [1.165, 1.54) is 11.1 Å². The van der Waals surface area contributed by atoms with Gasteiger partial charge in [-0.1, -0.05) is 6.07 Å². The zero-order chi connectivity index (χ0) is 13.2. The number of ether oxygens (including phenoxy) is 2. The molecule has 2 aromatic rings. The topological polar surface area (TPSA) is 47.1 Å². The van der Waals surface area contributed by atoms with E-state index in [9.17, 15) is 0 Å². The molecule has 0 radical (unpaired) electrons. The third-order valence-electron chi connectivity index (χ3n) is 3.83. The Labute approximate surface area is 112 Å². The number of benzene rings is 1. The quantitative estimate of drug-likeness (QED) is 0.920. The van der Waals surface area contributed by atoms with Crippen molar-refractivity contribution in [3.8, 4) is 11.5 Å². The molecule has 0 amide bonds. The van der Waals surface area contributed by atoms with E-state index in [0.717, 1.165) is 36.6 Å². The Morgan fingerprint density at radius 1 is 1.26 bits per heavy atom. The maximum Gasteiger partial charge on any atom is 0.164 e. The van der Waals surface area contributed by atoms with E-state index < -0.39 is 0 Å². The minimum atomic E-state index is 0.332. The number of hydrogen-bond acceptors (Lipinski definition) is 3. The number of nitrogens with zero attached hydrogens (tertiary/aromatic N) is 1. The maximum atomic E-state index is 5.54. The van der Waals surface area contributed by atoms with Gasteiger partial charge in [-0.3, -0.25) is 0 Å². The van der Waals surface area contributed by atoms with Crippen LogP contribution in [-0.2, 0) is 6.42 Å². The highest BCUT2D eigenvalue weighted by Crippen LogP contribution is 2.43. The molecule has 1 heterocycles. The largest absolute Gasteiger partial charge is 0.493 e. The monoisotopic (exact) mass is 258 g/mol. The molecule has 1 aromatic carbocycles. The second-order valence-electron chi connectivity index (χ2n) is 4.79. The van der Waals surface area contributed by atoms with Gasteiger partial charge in [0.2, 0.25) is 0 Å². The van der Waals surface area contributed by atoms with Crippen LogP contribution in [0.1, 0.15) is 35.7 Å². The van der Waals surface area contributed by atoms with Gasteiger partial charge in [-0.15, -0.1) is 0 Å². The number of H-pyrrole nitrogens is 1. The van der Waals surface area contributed by atoms with Crippen molar-refractivity contribution in [3.05, 3.63) is 41.5 Å². The van der Waals surface area contributed by atoms with Crippen LogP contribution in [0.25, 0.3) is 0 Å². The molecule has 1 N–H and O–H groups in total. The van der Waals surface area contributed by atoms with Crippen LogP contribution in [0, 0.1) is 0 Å². The van der Waals surface area contributed by atoms with Crippen molar-refractivity contribution in [2.45, 2.75) is 25.2 Å². The van der Waals surface area contributed by atoms with Crippen LogP contribution in [0.3, 0.4) is 0 Å². The number of nitrogens with one attached hydrogen (secondary N) is 1. The van der Waals surface area contributed by atoms with Crippen molar-refractivity contribution in [2.75, 3.05) is 14.2 Å². The highest BCUT2D eigenvalue weighted by Gasteiger charge is 2.27. The number of rotatable bonds is 3. The molecule has 1 aliphatic carbocycles. The van der Waals surface area contributed by atoms with E-state index in [2.05, 4.69) is 16.0 Å². The molecule has 0 spiro atoms. The van der Waals surface area contributed by atoms with E-state index in [-0.39, 0.29) is 0 Å². The zero-order valence-corrected chi connectivity index (χ0v) is 11.3. The van der Waals surface area contributed by atoms with Crippen LogP contribution in [0.15, 0.2) is 24.5 Å². The van der Waals surface area contributed by atoms with Gasteiger partial charge in [0.1, 0.15) is 5.82 Å². The average molecular weight is 258 g/mol. The molecule has 0 fully saturated rings. The third kappa shape index (κ3) is 1.97. The first kappa shape index (κ1) is 12.1. The predicted octanol–water partition coefficient (Wildman–Crippen LogP) is 2.90. The first-order valence-corrected chi connectivity index (χ1v) is 6.58. The van der Waals surface area contributed by atoms with Crippen LogP contribution in [-0.4, -0.2) is 24.2 Å². The number of aromatic nitrogens is 2. The summed E-state index contributed by atoms with van der Waals surface area (Å²) in [7, 11) is 3.38. The minimum Gasteiger partial charge on any atom is -0.493 e. The lowest BCUT2D eigenvalue weighted by Crippen LogP contribution is -2.14. The van der Waals surface area contributed by atoms with Crippen LogP contribution >= 0.6 is 0 Å². The summed E-state index contributed by atoms with van der Waals surface area (Å²) < 4.78 is 10.9. The normalized spacial score (nSPS) is 17.9. The van der Waals surface area contributed by atoms with Crippen molar-refractivity contribution in [2.24, 2.45) is 0 Å². The molecule has 100 valence electrons. The Bertz CT molecular complexity index is 564. The molecule has 1 atom stereocenters. The standard InChI is InChI=1S/C15H18N2O2/c1-18-13-7-6-10-11(14(13)19-2)4-3-5-12(10)15-16-8-9-17-15/h6-9,12H,3-5H2,1-2H3,(H,16,17). The summed E-state index contributed by atoms with van der Waals surface area (Å²) in [6.07, 6.45) is 6.99. The second-order valence-corrected chi connectivity index (χ2v) is 4.79. The molecule has 4 heteroatoms. The average Bonchev–Trinajstić information content (AvgIpc) is 2.99. The van der Waals surface area contributed by atoms with Gasteiger partial charge in [0.25, 0.3) is 0 Å². The molecular formula is C15H18N2O2. The van der Waals surface area contributed by atoms with Crippen LogP contribution in [0.2, 0.25) is 0 Å². The molecule has 0 saturated carbocycles. The summed E-state index contributed by atoms with van der Waals surface area (Å²) in [5.41, 5.74) is 2.56. The summed E-state index contributed by atoms with van der Waals surface area (Å²) in [6.45, 7) is 0. The minimum absolute atomic E-state index is 0.332. The number of fused-ring (bicyclic) bond motifs is 1. The Balaban J connectivity index is 2.11. The van der Waals surface area contributed by atoms with E-state index in [1.807, 2.05) is 18.5 Å². The van der Waals surface area contributed by atoms with Crippen molar-refractivity contribution < 1.29 is 9.47 Å². The van der Waals surface area contributed by atoms with Crippen LogP contribution in [0.4, 0.5) is 0 Å². The second kappa shape index (κ2) is 4.96. The Kier molecular flexibility index (Phi) is 3.15. The van der Waals surface area contributed by atoms with Crippen molar-refractivity contribution in [1.82, 2.24) is 9.97 Å². The maximum absolute atomic E-state index is 5.54. The van der Waals surface area contributed by atoms with Crippen molar-refractivity contribution in [3.63, 3.8) is 0 Å². The van der Waals surface area contributed by atoms with Gasteiger partial charge in [-0.25, -0.2) is 4.98 Å². The molecule has 3 rings (SSSR count). The van der Waals surface area contributed by atoms with E-state index in [0.29, 0.717) is 5.92 Å². The molecule has 19 heavy (non-hydrogen) atoms. The fourth-order valence-corrected chi connectivity index (χ4v) is 2.98. The van der Waals surface area contributed by atoms with Gasteiger partial charge in [0.15, 0.2) is 11.5 Å². The highest BCUT2D eigenvalue weighted by molar-refractivity contribution is 5.53. The summed E-state index contributed by atoms with van der Waals surface area (Å²) in [4.78, 5) is 7.64. The third-order valence-corrected chi connectivity index (χ3v) is 3.83. The highest BCUT2D eigenvalue weighted by atomic mass is 16.5. The molecule has 1 aliphatic rings. The fourth-order valence-electron chi connectivity index (χ4n) is 2.98. The van der Waals surface area contributed by atoms with Gasteiger partial charge in [-0.2, -0.15) is 0 Å².